The summed E-state index contributed by atoms with van der Waals surface area (Å²) in [6, 6.07) is 7.86. The highest BCUT2D eigenvalue weighted by molar-refractivity contribution is 6.23. The normalized spacial score (nSPS) is 12.1. The zero-order valence-electron chi connectivity index (χ0n) is 11.7. The lowest BCUT2D eigenvalue weighted by Crippen LogP contribution is -2.12. The Kier molecular flexibility index (Phi) is 4.65. The van der Waals surface area contributed by atoms with E-state index < -0.39 is 5.97 Å². The van der Waals surface area contributed by atoms with E-state index in [2.05, 4.69) is 25.8 Å². The van der Waals surface area contributed by atoms with Crippen LogP contribution in [0.5, 0.6) is 0 Å². The highest BCUT2D eigenvalue weighted by atomic mass is 16.5. The Balaban J connectivity index is 2.70. The Labute approximate surface area is 109 Å². The van der Waals surface area contributed by atoms with Crippen LogP contribution in [-0.2, 0) is 14.9 Å². The number of hydrogen-bond acceptors (Lipinski definition) is 3. The predicted molar refractivity (Wildman–Crippen MR) is 74.5 cm³/mol. The van der Waals surface area contributed by atoms with Crippen LogP contribution in [0.25, 0.3) is 0 Å². The summed E-state index contributed by atoms with van der Waals surface area (Å²) in [5.41, 5.74) is 2.12. The lowest BCUT2D eigenvalue weighted by atomic mass is 9.87. The number of carbonyl (C=O) groups is 1. The van der Waals surface area contributed by atoms with Gasteiger partial charge in [-0.15, -0.1) is 0 Å². The van der Waals surface area contributed by atoms with Crippen molar-refractivity contribution in [3.05, 3.63) is 29.8 Å². The molecule has 0 aliphatic rings. The number of rotatable bonds is 3. The average molecular weight is 247 g/mol. The molecule has 98 valence electrons. The van der Waals surface area contributed by atoms with E-state index in [-0.39, 0.29) is 11.5 Å². The quantitative estimate of drug-likeness (QED) is 0.604. The zero-order chi connectivity index (χ0) is 13.8. The summed E-state index contributed by atoms with van der Waals surface area (Å²) in [6.07, 6.45) is 1.10. The Bertz CT molecular complexity index is 425. The second-order valence-electron chi connectivity index (χ2n) is 5.54. The minimum atomic E-state index is -0.412. The Morgan fingerprint density at radius 3 is 2.22 bits per heavy atom. The van der Waals surface area contributed by atoms with Gasteiger partial charge in [0.05, 0.1) is 11.8 Å². The van der Waals surface area contributed by atoms with Gasteiger partial charge in [-0.3, -0.25) is 0 Å². The van der Waals surface area contributed by atoms with Gasteiger partial charge in [0.2, 0.25) is 0 Å². The largest absolute Gasteiger partial charge is 0.459 e. The molecule has 0 aliphatic carbocycles. The maximum absolute atomic E-state index is 11.3. The molecular weight excluding hydrogens is 226 g/mol. The molecule has 0 radical (unpaired) electrons. The van der Waals surface area contributed by atoms with Crippen LogP contribution < -0.4 is 0 Å². The average Bonchev–Trinajstić information content (AvgIpc) is 2.25. The van der Waals surface area contributed by atoms with Gasteiger partial charge in [0.25, 0.3) is 0 Å². The second-order valence-corrected chi connectivity index (χ2v) is 5.54. The predicted octanol–water partition coefficient (Wildman–Crippen LogP) is 3.64. The highest BCUT2D eigenvalue weighted by Crippen LogP contribution is 2.24. The molecular formula is C15H21NO2. The van der Waals surface area contributed by atoms with Gasteiger partial charge in [-0.1, -0.05) is 32.9 Å². The number of hydrogen-bond donors (Lipinski definition) is 0. The third-order valence-electron chi connectivity index (χ3n) is 2.40. The van der Waals surface area contributed by atoms with Crippen molar-refractivity contribution in [2.45, 2.75) is 46.1 Å². The lowest BCUT2D eigenvalue weighted by molar-refractivity contribution is -0.138. The lowest BCUT2D eigenvalue weighted by Gasteiger charge is -2.18. The van der Waals surface area contributed by atoms with Gasteiger partial charge < -0.3 is 4.74 Å². The molecule has 1 rings (SSSR count). The van der Waals surface area contributed by atoms with Crippen LogP contribution in [0.3, 0.4) is 0 Å². The van der Waals surface area contributed by atoms with Crippen molar-refractivity contribution in [3.63, 3.8) is 0 Å². The molecule has 0 unspecified atom stereocenters. The molecule has 0 aromatic heterocycles. The Morgan fingerprint density at radius 1 is 1.22 bits per heavy atom. The summed E-state index contributed by atoms with van der Waals surface area (Å²) < 4.78 is 4.96. The van der Waals surface area contributed by atoms with Gasteiger partial charge in [0.1, 0.15) is 6.21 Å². The van der Waals surface area contributed by atoms with E-state index in [1.165, 1.54) is 11.8 Å². The van der Waals surface area contributed by atoms with Gasteiger partial charge in [-0.05, 0) is 37.0 Å². The van der Waals surface area contributed by atoms with E-state index >= 15 is 0 Å². The number of esters is 1. The summed E-state index contributed by atoms with van der Waals surface area (Å²) in [7, 11) is 0. The van der Waals surface area contributed by atoms with E-state index in [0.29, 0.717) is 0 Å². The summed E-state index contributed by atoms with van der Waals surface area (Å²) in [5, 5.41) is 0. The Morgan fingerprint density at radius 2 is 1.78 bits per heavy atom. The topological polar surface area (TPSA) is 38.7 Å². The molecule has 0 atom stereocenters. The van der Waals surface area contributed by atoms with Gasteiger partial charge in [0, 0.05) is 0 Å². The summed E-state index contributed by atoms with van der Waals surface area (Å²) in [4.78, 5) is 15.4. The minimum absolute atomic E-state index is 0.118. The number of nitrogens with zero attached hydrogens (tertiary/aromatic N) is 1. The van der Waals surface area contributed by atoms with Crippen LogP contribution in [0, 0.1) is 0 Å². The number of aliphatic imine (C=N–C) groups is 1. The van der Waals surface area contributed by atoms with Crippen molar-refractivity contribution in [3.8, 4) is 0 Å². The van der Waals surface area contributed by atoms with Crippen LogP contribution in [0.4, 0.5) is 5.69 Å². The molecule has 18 heavy (non-hydrogen) atoms. The van der Waals surface area contributed by atoms with Gasteiger partial charge >= 0.3 is 5.97 Å². The van der Waals surface area contributed by atoms with Gasteiger partial charge in [0.15, 0.2) is 0 Å². The number of benzene rings is 1. The molecule has 0 saturated carbocycles. The fourth-order valence-electron chi connectivity index (χ4n) is 1.44. The first-order chi connectivity index (χ1) is 8.29. The second kappa shape index (κ2) is 5.80. The first-order valence-corrected chi connectivity index (χ1v) is 6.14. The number of ether oxygens (including phenoxy) is 1. The van der Waals surface area contributed by atoms with Crippen molar-refractivity contribution in [2.24, 2.45) is 4.99 Å². The van der Waals surface area contributed by atoms with Gasteiger partial charge in [-0.2, -0.15) is 0 Å². The molecule has 1 aromatic carbocycles. The molecule has 0 amide bonds. The summed E-state index contributed by atoms with van der Waals surface area (Å²) in [6.45, 7) is 10.1. The smallest absolute Gasteiger partial charge is 0.349 e. The molecule has 1 aromatic rings. The van der Waals surface area contributed by atoms with Crippen molar-refractivity contribution in [2.75, 3.05) is 0 Å². The van der Waals surface area contributed by atoms with Crippen LogP contribution in [-0.4, -0.2) is 18.3 Å². The third kappa shape index (κ3) is 4.70. The zero-order valence-corrected chi connectivity index (χ0v) is 11.7. The van der Waals surface area contributed by atoms with E-state index in [4.69, 9.17) is 4.74 Å². The van der Waals surface area contributed by atoms with E-state index in [1.54, 1.807) is 0 Å². The fourth-order valence-corrected chi connectivity index (χ4v) is 1.44. The molecule has 0 aliphatic heterocycles. The highest BCUT2D eigenvalue weighted by Gasteiger charge is 2.12. The SMILES string of the molecule is CC(C)OC(=O)C=Nc1ccc(C(C)(C)C)cc1. The van der Waals surface area contributed by atoms with Crippen molar-refractivity contribution < 1.29 is 9.53 Å². The van der Waals surface area contributed by atoms with Crippen LogP contribution in [0.15, 0.2) is 29.3 Å². The maximum atomic E-state index is 11.3. The van der Waals surface area contributed by atoms with Crippen molar-refractivity contribution in [1.82, 2.24) is 0 Å². The fraction of sp³-hybridized carbons (Fsp3) is 0.467. The monoisotopic (exact) mass is 247 g/mol. The molecule has 0 bridgehead atoms. The molecule has 3 heteroatoms. The van der Waals surface area contributed by atoms with E-state index in [0.717, 1.165) is 5.69 Å². The molecule has 0 N–H and O–H groups in total. The minimum Gasteiger partial charge on any atom is -0.459 e. The van der Waals surface area contributed by atoms with Crippen LogP contribution in [0.1, 0.15) is 40.2 Å². The molecule has 3 nitrogen and oxygen atoms in total. The first kappa shape index (κ1) is 14.4. The summed E-state index contributed by atoms with van der Waals surface area (Å²) in [5.74, 6) is -0.412. The molecule has 0 heterocycles. The van der Waals surface area contributed by atoms with Crippen LogP contribution >= 0.6 is 0 Å². The van der Waals surface area contributed by atoms with E-state index in [1.807, 2.05) is 38.1 Å². The number of carbonyl (C=O) groups excluding carboxylic acids is 1. The molecule has 0 fully saturated rings. The third-order valence-corrected chi connectivity index (χ3v) is 2.40. The molecule has 0 saturated heterocycles. The maximum Gasteiger partial charge on any atom is 0.349 e. The van der Waals surface area contributed by atoms with Crippen LogP contribution in [0.2, 0.25) is 0 Å². The van der Waals surface area contributed by atoms with Crippen molar-refractivity contribution >= 4 is 17.9 Å². The first-order valence-electron chi connectivity index (χ1n) is 6.14. The standard InChI is InChI=1S/C15H21NO2/c1-11(2)18-14(17)10-16-13-8-6-12(7-9-13)15(3,4)5/h6-11H,1-5H3. The molecule has 0 spiro atoms. The Hall–Kier alpha value is -1.64. The summed E-state index contributed by atoms with van der Waals surface area (Å²) >= 11 is 0. The van der Waals surface area contributed by atoms with Gasteiger partial charge in [-0.25, -0.2) is 9.79 Å². The van der Waals surface area contributed by atoms with E-state index in [9.17, 15) is 4.79 Å². The van der Waals surface area contributed by atoms with Crippen molar-refractivity contribution in [1.29, 1.82) is 0 Å².